The molecule has 2 aromatic rings. The molecule has 0 bridgehead atoms. The van der Waals surface area contributed by atoms with Crippen molar-refractivity contribution >= 4 is 5.97 Å². The number of ether oxygens (including phenoxy) is 1. The summed E-state index contributed by atoms with van der Waals surface area (Å²) in [4.78, 5) is 11.7. The lowest BCUT2D eigenvalue weighted by molar-refractivity contribution is -0.143. The number of hydrogen-bond acceptors (Lipinski definition) is 4. The summed E-state index contributed by atoms with van der Waals surface area (Å²) in [6, 6.07) is 6.22. The lowest BCUT2D eigenvalue weighted by Gasteiger charge is -2.09. The van der Waals surface area contributed by atoms with Gasteiger partial charge in [-0.05, 0) is 56.0 Å². The average molecular weight is 328 g/mol. The van der Waals surface area contributed by atoms with Crippen LogP contribution in [0.2, 0.25) is 0 Å². The zero-order valence-electron chi connectivity index (χ0n) is 14.7. The summed E-state index contributed by atoms with van der Waals surface area (Å²) in [5, 5.41) is 9.09. The van der Waals surface area contributed by atoms with E-state index in [1.807, 2.05) is 13.0 Å². The van der Waals surface area contributed by atoms with E-state index in [0.717, 1.165) is 16.9 Å². The van der Waals surface area contributed by atoms with Crippen LogP contribution in [0.1, 0.15) is 46.9 Å². The van der Waals surface area contributed by atoms with Crippen molar-refractivity contribution in [3.05, 3.63) is 69.9 Å². The number of carbonyl (C=O) groups excluding carboxylic acids is 1. The van der Waals surface area contributed by atoms with E-state index in [4.69, 9.17) is 14.3 Å². The minimum Gasteiger partial charge on any atom is -0.513 e. The third-order valence-electron chi connectivity index (χ3n) is 4.20. The SMILES string of the molecule is CC(O)=CCC(=O)OCc1c(C)coc1Cc1cccc(C)c1C. The molecule has 0 fully saturated rings. The van der Waals surface area contributed by atoms with Crippen LogP contribution >= 0.6 is 0 Å². The second-order valence-corrected chi connectivity index (χ2v) is 6.07. The molecule has 0 unspecified atom stereocenters. The summed E-state index contributed by atoms with van der Waals surface area (Å²) < 4.78 is 11.0. The van der Waals surface area contributed by atoms with Crippen molar-refractivity contribution in [2.45, 2.75) is 47.1 Å². The molecular formula is C20H24O4. The highest BCUT2D eigenvalue weighted by Gasteiger charge is 2.15. The van der Waals surface area contributed by atoms with Gasteiger partial charge in [-0.2, -0.15) is 0 Å². The number of aryl methyl sites for hydroxylation is 2. The summed E-state index contributed by atoms with van der Waals surface area (Å²) in [5.41, 5.74) is 5.58. The Hall–Kier alpha value is -2.49. The number of aliphatic hydroxyl groups excluding tert-OH is 1. The number of rotatable bonds is 6. The minimum atomic E-state index is -0.373. The van der Waals surface area contributed by atoms with Crippen molar-refractivity contribution in [2.75, 3.05) is 0 Å². The smallest absolute Gasteiger partial charge is 0.310 e. The fourth-order valence-electron chi connectivity index (χ4n) is 2.48. The number of allylic oxidation sites excluding steroid dienone is 1. The molecule has 0 aliphatic heterocycles. The maximum atomic E-state index is 11.7. The third-order valence-corrected chi connectivity index (χ3v) is 4.20. The first-order valence-corrected chi connectivity index (χ1v) is 8.00. The van der Waals surface area contributed by atoms with Gasteiger partial charge < -0.3 is 14.3 Å². The molecule has 0 aliphatic carbocycles. The predicted molar refractivity (Wildman–Crippen MR) is 93.0 cm³/mol. The summed E-state index contributed by atoms with van der Waals surface area (Å²) in [6.45, 7) is 7.84. The number of carbonyl (C=O) groups is 1. The third kappa shape index (κ3) is 4.51. The molecule has 0 radical (unpaired) electrons. The molecule has 1 N–H and O–H groups in total. The Balaban J connectivity index is 2.10. The summed E-state index contributed by atoms with van der Waals surface area (Å²) in [6.07, 6.45) is 3.86. The topological polar surface area (TPSA) is 59.7 Å². The van der Waals surface area contributed by atoms with Crippen molar-refractivity contribution in [1.82, 2.24) is 0 Å². The van der Waals surface area contributed by atoms with E-state index in [-0.39, 0.29) is 24.8 Å². The van der Waals surface area contributed by atoms with Gasteiger partial charge in [0.1, 0.15) is 12.4 Å². The molecule has 24 heavy (non-hydrogen) atoms. The van der Waals surface area contributed by atoms with Crippen LogP contribution in [0, 0.1) is 20.8 Å². The maximum absolute atomic E-state index is 11.7. The molecular weight excluding hydrogens is 304 g/mol. The summed E-state index contributed by atoms with van der Waals surface area (Å²) in [5.74, 6) is 0.562. The van der Waals surface area contributed by atoms with E-state index >= 15 is 0 Å². The lowest BCUT2D eigenvalue weighted by atomic mass is 9.98. The highest BCUT2D eigenvalue weighted by atomic mass is 16.5. The average Bonchev–Trinajstić information content (AvgIpc) is 2.88. The first kappa shape index (κ1) is 17.9. The van der Waals surface area contributed by atoms with Crippen molar-refractivity contribution in [1.29, 1.82) is 0 Å². The Morgan fingerprint density at radius 2 is 2.00 bits per heavy atom. The number of esters is 1. The molecule has 128 valence electrons. The van der Waals surface area contributed by atoms with E-state index in [9.17, 15) is 4.79 Å². The van der Waals surface area contributed by atoms with Crippen LogP contribution in [0.3, 0.4) is 0 Å². The largest absolute Gasteiger partial charge is 0.513 e. The van der Waals surface area contributed by atoms with Crippen molar-refractivity contribution < 1.29 is 19.1 Å². The van der Waals surface area contributed by atoms with Crippen LogP contribution in [0.4, 0.5) is 0 Å². The second kappa shape index (κ2) is 7.86. The minimum absolute atomic E-state index is 0.0611. The lowest BCUT2D eigenvalue weighted by Crippen LogP contribution is -2.05. The molecule has 0 saturated heterocycles. The molecule has 0 atom stereocenters. The van der Waals surface area contributed by atoms with Gasteiger partial charge in [0, 0.05) is 12.0 Å². The van der Waals surface area contributed by atoms with Gasteiger partial charge in [-0.15, -0.1) is 0 Å². The molecule has 2 rings (SSSR count). The predicted octanol–water partition coefficient (Wildman–Crippen LogP) is 4.69. The Bertz CT molecular complexity index is 749. The monoisotopic (exact) mass is 328 g/mol. The van der Waals surface area contributed by atoms with Gasteiger partial charge in [0.15, 0.2) is 0 Å². The van der Waals surface area contributed by atoms with Crippen LogP contribution in [-0.4, -0.2) is 11.1 Å². The van der Waals surface area contributed by atoms with Crippen LogP contribution in [-0.2, 0) is 22.6 Å². The van der Waals surface area contributed by atoms with Crippen LogP contribution < -0.4 is 0 Å². The van der Waals surface area contributed by atoms with E-state index < -0.39 is 0 Å². The standard InChI is InChI=1S/C20H24O4/c1-13-6-5-7-17(16(13)4)10-19-18(14(2)11-23-19)12-24-20(22)9-8-15(3)21/h5-8,11,21H,9-10,12H2,1-4H3. The van der Waals surface area contributed by atoms with Crippen molar-refractivity contribution in [2.24, 2.45) is 0 Å². The van der Waals surface area contributed by atoms with Crippen molar-refractivity contribution in [3.63, 3.8) is 0 Å². The van der Waals surface area contributed by atoms with E-state index in [1.54, 1.807) is 6.26 Å². The highest BCUT2D eigenvalue weighted by Crippen LogP contribution is 2.23. The molecule has 4 nitrogen and oxygen atoms in total. The Kier molecular flexibility index (Phi) is 5.85. The zero-order chi connectivity index (χ0) is 17.7. The number of benzene rings is 1. The molecule has 0 saturated carbocycles. The van der Waals surface area contributed by atoms with E-state index in [2.05, 4.69) is 26.0 Å². The van der Waals surface area contributed by atoms with Crippen molar-refractivity contribution in [3.8, 4) is 0 Å². The van der Waals surface area contributed by atoms with E-state index in [0.29, 0.717) is 6.42 Å². The normalized spacial score (nSPS) is 11.6. The Morgan fingerprint density at radius 3 is 2.71 bits per heavy atom. The highest BCUT2D eigenvalue weighted by molar-refractivity contribution is 5.71. The summed E-state index contributed by atoms with van der Waals surface area (Å²) in [7, 11) is 0. The molecule has 0 spiro atoms. The Morgan fingerprint density at radius 1 is 1.25 bits per heavy atom. The van der Waals surface area contributed by atoms with E-state index in [1.165, 1.54) is 29.7 Å². The van der Waals surface area contributed by atoms with Gasteiger partial charge in [0.25, 0.3) is 0 Å². The number of furan rings is 1. The van der Waals surface area contributed by atoms with Gasteiger partial charge in [-0.3, -0.25) is 4.79 Å². The number of aliphatic hydroxyl groups is 1. The molecule has 0 amide bonds. The van der Waals surface area contributed by atoms with Gasteiger partial charge >= 0.3 is 5.97 Å². The summed E-state index contributed by atoms with van der Waals surface area (Å²) >= 11 is 0. The quantitative estimate of drug-likeness (QED) is 0.617. The van der Waals surface area contributed by atoms with Gasteiger partial charge in [-0.25, -0.2) is 0 Å². The molecule has 1 heterocycles. The number of hydrogen-bond donors (Lipinski definition) is 1. The first-order valence-electron chi connectivity index (χ1n) is 8.00. The first-order chi connectivity index (χ1) is 11.4. The fourth-order valence-corrected chi connectivity index (χ4v) is 2.48. The van der Waals surface area contributed by atoms with Crippen LogP contribution in [0.25, 0.3) is 0 Å². The van der Waals surface area contributed by atoms with Gasteiger partial charge in [0.05, 0.1) is 18.4 Å². The molecule has 1 aromatic carbocycles. The van der Waals surface area contributed by atoms with Gasteiger partial charge in [0.2, 0.25) is 0 Å². The Labute approximate surface area is 142 Å². The zero-order valence-corrected chi connectivity index (χ0v) is 14.7. The fraction of sp³-hybridized carbons (Fsp3) is 0.350. The molecule has 4 heteroatoms. The van der Waals surface area contributed by atoms with Crippen LogP contribution in [0.5, 0.6) is 0 Å². The van der Waals surface area contributed by atoms with Gasteiger partial charge in [-0.1, -0.05) is 18.2 Å². The maximum Gasteiger partial charge on any atom is 0.310 e. The molecule has 1 aromatic heterocycles. The second-order valence-electron chi connectivity index (χ2n) is 6.07. The van der Waals surface area contributed by atoms with Crippen LogP contribution in [0.15, 0.2) is 40.7 Å². The molecule has 0 aliphatic rings.